The molecule has 6 nitrogen and oxygen atoms in total. The molecular weight excluding hydrogens is 372 g/mol. The Morgan fingerprint density at radius 2 is 1.92 bits per heavy atom. The van der Waals surface area contributed by atoms with Crippen molar-refractivity contribution in [3.05, 3.63) is 63.6 Å². The van der Waals surface area contributed by atoms with Crippen molar-refractivity contribution in [1.29, 1.82) is 0 Å². The predicted molar refractivity (Wildman–Crippen MR) is 104 cm³/mol. The van der Waals surface area contributed by atoms with Gasteiger partial charge in [-0.05, 0) is 49.2 Å². The van der Waals surface area contributed by atoms with Gasteiger partial charge in [0.25, 0.3) is 0 Å². The van der Waals surface area contributed by atoms with Crippen molar-refractivity contribution >= 4 is 39.8 Å². The topological polar surface area (TPSA) is 76.1 Å². The van der Waals surface area contributed by atoms with Gasteiger partial charge in [-0.1, -0.05) is 41.1 Å². The van der Waals surface area contributed by atoms with Gasteiger partial charge in [0, 0.05) is 5.69 Å². The van der Waals surface area contributed by atoms with Crippen LogP contribution in [0.5, 0.6) is 5.75 Å². The molecule has 2 aromatic carbocycles. The van der Waals surface area contributed by atoms with Crippen molar-refractivity contribution in [2.75, 3.05) is 10.6 Å². The largest absolute Gasteiger partial charge is 0.485 e. The highest BCUT2D eigenvalue weighted by Gasteiger charge is 2.10. The van der Waals surface area contributed by atoms with Gasteiger partial charge in [0.1, 0.15) is 12.4 Å². The van der Waals surface area contributed by atoms with Crippen LogP contribution in [0.3, 0.4) is 0 Å². The Hall–Kier alpha value is -2.64. The molecule has 134 valence electrons. The fraction of sp³-hybridized carbons (Fsp3) is 0.167. The lowest BCUT2D eigenvalue weighted by Gasteiger charge is -2.07. The molecule has 0 saturated carbocycles. The lowest BCUT2D eigenvalue weighted by atomic mass is 10.1. The molecule has 0 bridgehead atoms. The van der Waals surface area contributed by atoms with E-state index in [0.717, 1.165) is 11.3 Å². The number of rotatable bonds is 5. The Labute approximate surface area is 160 Å². The quantitative estimate of drug-likeness (QED) is 0.642. The van der Waals surface area contributed by atoms with E-state index in [4.69, 9.17) is 16.3 Å². The second-order valence-electron chi connectivity index (χ2n) is 5.60. The Bertz CT molecular complexity index is 929. The monoisotopic (exact) mass is 388 g/mol. The van der Waals surface area contributed by atoms with Crippen LogP contribution < -0.4 is 15.4 Å². The third-order valence-electron chi connectivity index (χ3n) is 3.64. The smallest absolute Gasteiger partial charge is 0.325 e. The van der Waals surface area contributed by atoms with Crippen LogP contribution in [-0.4, -0.2) is 16.2 Å². The summed E-state index contributed by atoms with van der Waals surface area (Å²) < 4.78 is 5.61. The maximum atomic E-state index is 12.1. The first-order chi connectivity index (χ1) is 12.5. The number of amides is 2. The summed E-state index contributed by atoms with van der Waals surface area (Å²) in [5.41, 5.74) is 3.00. The first kappa shape index (κ1) is 18.2. The molecule has 2 N–H and O–H groups in total. The highest BCUT2D eigenvalue weighted by molar-refractivity contribution is 7.15. The number of benzene rings is 2. The minimum Gasteiger partial charge on any atom is -0.485 e. The standard InChI is InChI=1S/C18H17ClN4O2S/c1-11-7-8-13(9-12(11)2)20-17(24)21-18-23-22-16(26-18)10-25-15-6-4-3-5-14(15)19/h3-9H,10H2,1-2H3,(H2,20,21,23,24). The van der Waals surface area contributed by atoms with E-state index in [1.165, 1.54) is 16.9 Å². The van der Waals surface area contributed by atoms with E-state index in [-0.39, 0.29) is 12.6 Å². The minimum absolute atomic E-state index is 0.224. The molecule has 0 aliphatic heterocycles. The molecule has 0 fully saturated rings. The first-order valence-electron chi connectivity index (χ1n) is 7.86. The van der Waals surface area contributed by atoms with E-state index in [1.54, 1.807) is 12.1 Å². The van der Waals surface area contributed by atoms with Crippen LogP contribution in [0, 0.1) is 13.8 Å². The summed E-state index contributed by atoms with van der Waals surface area (Å²) in [5, 5.41) is 14.9. The molecule has 1 aromatic heterocycles. The number of nitrogens with one attached hydrogen (secondary N) is 2. The molecule has 3 rings (SSSR count). The number of anilines is 2. The lowest BCUT2D eigenvalue weighted by molar-refractivity contribution is 0.262. The van der Waals surface area contributed by atoms with Crippen LogP contribution in [0.15, 0.2) is 42.5 Å². The van der Waals surface area contributed by atoms with Gasteiger partial charge < -0.3 is 10.1 Å². The normalized spacial score (nSPS) is 10.4. The van der Waals surface area contributed by atoms with Crippen molar-refractivity contribution < 1.29 is 9.53 Å². The molecule has 0 saturated heterocycles. The zero-order chi connectivity index (χ0) is 18.5. The molecule has 0 aliphatic rings. The van der Waals surface area contributed by atoms with Gasteiger partial charge in [0.15, 0.2) is 5.01 Å². The zero-order valence-corrected chi connectivity index (χ0v) is 15.8. The summed E-state index contributed by atoms with van der Waals surface area (Å²) in [6, 6.07) is 12.5. The van der Waals surface area contributed by atoms with Crippen molar-refractivity contribution in [3.63, 3.8) is 0 Å². The molecular formula is C18H17ClN4O2S. The number of halogens is 1. The molecule has 0 atom stereocenters. The summed E-state index contributed by atoms with van der Waals surface area (Å²) in [4.78, 5) is 12.1. The van der Waals surface area contributed by atoms with Crippen LogP contribution in [-0.2, 0) is 6.61 Å². The first-order valence-corrected chi connectivity index (χ1v) is 9.05. The number of para-hydroxylation sites is 1. The number of hydrogen-bond acceptors (Lipinski definition) is 5. The third kappa shape index (κ3) is 4.71. The molecule has 2 amide bonds. The fourth-order valence-electron chi connectivity index (χ4n) is 2.14. The van der Waals surface area contributed by atoms with Crippen LogP contribution in [0.2, 0.25) is 5.02 Å². The molecule has 26 heavy (non-hydrogen) atoms. The maximum Gasteiger partial charge on any atom is 0.325 e. The summed E-state index contributed by atoms with van der Waals surface area (Å²) in [6.45, 7) is 4.24. The van der Waals surface area contributed by atoms with Gasteiger partial charge in [-0.15, -0.1) is 10.2 Å². The molecule has 8 heteroatoms. The van der Waals surface area contributed by atoms with Gasteiger partial charge in [0.2, 0.25) is 5.13 Å². The van der Waals surface area contributed by atoms with Gasteiger partial charge in [-0.2, -0.15) is 0 Å². The Balaban J connectivity index is 1.55. The molecule has 0 aliphatic carbocycles. The third-order valence-corrected chi connectivity index (χ3v) is 4.76. The zero-order valence-electron chi connectivity index (χ0n) is 14.2. The maximum absolute atomic E-state index is 12.1. The van der Waals surface area contributed by atoms with Crippen molar-refractivity contribution in [3.8, 4) is 5.75 Å². The molecule has 0 unspecified atom stereocenters. The van der Waals surface area contributed by atoms with Crippen molar-refractivity contribution in [1.82, 2.24) is 10.2 Å². The number of aromatic nitrogens is 2. The Morgan fingerprint density at radius 1 is 1.12 bits per heavy atom. The Morgan fingerprint density at radius 3 is 2.69 bits per heavy atom. The van der Waals surface area contributed by atoms with Gasteiger partial charge in [-0.25, -0.2) is 4.79 Å². The van der Waals surface area contributed by atoms with E-state index in [1.807, 2.05) is 44.2 Å². The van der Waals surface area contributed by atoms with Gasteiger partial charge in [0.05, 0.1) is 5.02 Å². The summed E-state index contributed by atoms with van der Waals surface area (Å²) in [5.74, 6) is 0.575. The lowest BCUT2D eigenvalue weighted by Crippen LogP contribution is -2.19. The van der Waals surface area contributed by atoms with E-state index in [9.17, 15) is 4.79 Å². The van der Waals surface area contributed by atoms with E-state index in [2.05, 4.69) is 20.8 Å². The molecule has 1 heterocycles. The molecule has 3 aromatic rings. The van der Waals surface area contributed by atoms with Crippen molar-refractivity contribution in [2.24, 2.45) is 0 Å². The predicted octanol–water partition coefficient (Wildman–Crippen LogP) is 5.03. The average Bonchev–Trinajstić information content (AvgIpc) is 3.05. The number of aryl methyl sites for hydroxylation is 2. The number of nitrogens with zero attached hydrogens (tertiary/aromatic N) is 2. The highest BCUT2D eigenvalue weighted by atomic mass is 35.5. The SMILES string of the molecule is Cc1ccc(NC(=O)Nc2nnc(COc3ccccc3Cl)s2)cc1C. The van der Waals surface area contributed by atoms with Crippen molar-refractivity contribution in [2.45, 2.75) is 20.5 Å². The molecule has 0 radical (unpaired) electrons. The number of carbonyl (C=O) groups excluding carboxylic acids is 1. The summed E-state index contributed by atoms with van der Waals surface area (Å²) in [7, 11) is 0. The number of carbonyl (C=O) groups is 1. The van der Waals surface area contributed by atoms with Crippen LogP contribution in [0.1, 0.15) is 16.1 Å². The van der Waals surface area contributed by atoms with Crippen LogP contribution >= 0.6 is 22.9 Å². The van der Waals surface area contributed by atoms with E-state index in [0.29, 0.717) is 20.9 Å². The summed E-state index contributed by atoms with van der Waals surface area (Å²) in [6.07, 6.45) is 0. The second-order valence-corrected chi connectivity index (χ2v) is 7.07. The fourth-order valence-corrected chi connectivity index (χ4v) is 2.98. The second kappa shape index (κ2) is 8.16. The minimum atomic E-state index is -0.372. The number of ether oxygens (including phenoxy) is 1. The van der Waals surface area contributed by atoms with Gasteiger partial charge in [-0.3, -0.25) is 5.32 Å². The average molecular weight is 389 g/mol. The highest BCUT2D eigenvalue weighted by Crippen LogP contribution is 2.25. The number of urea groups is 1. The van der Waals surface area contributed by atoms with E-state index < -0.39 is 0 Å². The van der Waals surface area contributed by atoms with E-state index >= 15 is 0 Å². The van der Waals surface area contributed by atoms with Crippen LogP contribution in [0.4, 0.5) is 15.6 Å². The Kier molecular flexibility index (Phi) is 5.70. The van der Waals surface area contributed by atoms with Crippen LogP contribution in [0.25, 0.3) is 0 Å². The number of hydrogen-bond donors (Lipinski definition) is 2. The summed E-state index contributed by atoms with van der Waals surface area (Å²) >= 11 is 7.28. The van der Waals surface area contributed by atoms with Gasteiger partial charge >= 0.3 is 6.03 Å². The molecule has 0 spiro atoms.